The maximum absolute atomic E-state index is 12.2. The minimum atomic E-state index is -4.74. The van der Waals surface area contributed by atoms with Gasteiger partial charge in [-0.2, -0.15) is 0 Å². The first-order chi connectivity index (χ1) is 9.28. The quantitative estimate of drug-likeness (QED) is 0.779. The molecule has 0 bridgehead atoms. The van der Waals surface area contributed by atoms with Gasteiger partial charge >= 0.3 is 6.36 Å². The average Bonchev–Trinajstić information content (AvgIpc) is 2.33. The predicted molar refractivity (Wildman–Crippen MR) is 70.9 cm³/mol. The summed E-state index contributed by atoms with van der Waals surface area (Å²) < 4.78 is 45.9. The molecule has 0 aliphatic rings. The number of halogens is 3. The SMILES string of the molecule is C=C(CNC(C)C)COc1ccccc1OC(F)(F)F. The summed E-state index contributed by atoms with van der Waals surface area (Å²) in [6.07, 6.45) is -4.74. The Morgan fingerprint density at radius 2 is 1.85 bits per heavy atom. The first-order valence-electron chi connectivity index (χ1n) is 6.15. The van der Waals surface area contributed by atoms with Crippen LogP contribution in [0.1, 0.15) is 13.8 Å². The zero-order chi connectivity index (χ0) is 15.2. The van der Waals surface area contributed by atoms with E-state index >= 15 is 0 Å². The van der Waals surface area contributed by atoms with Crippen molar-refractivity contribution in [1.82, 2.24) is 5.32 Å². The van der Waals surface area contributed by atoms with Crippen molar-refractivity contribution >= 4 is 0 Å². The van der Waals surface area contributed by atoms with Crippen molar-refractivity contribution in [2.24, 2.45) is 0 Å². The van der Waals surface area contributed by atoms with Crippen LogP contribution in [-0.4, -0.2) is 25.6 Å². The van der Waals surface area contributed by atoms with Gasteiger partial charge in [-0.25, -0.2) is 0 Å². The molecule has 0 fully saturated rings. The van der Waals surface area contributed by atoms with E-state index in [-0.39, 0.29) is 18.1 Å². The molecule has 6 heteroatoms. The summed E-state index contributed by atoms with van der Waals surface area (Å²) in [7, 11) is 0. The summed E-state index contributed by atoms with van der Waals surface area (Å²) in [5.74, 6) is -0.319. The Labute approximate surface area is 116 Å². The van der Waals surface area contributed by atoms with Crippen LogP contribution in [-0.2, 0) is 0 Å². The number of alkyl halides is 3. The van der Waals surface area contributed by atoms with Crippen LogP contribution in [0.3, 0.4) is 0 Å². The molecule has 0 atom stereocenters. The second-order valence-corrected chi connectivity index (χ2v) is 4.57. The van der Waals surface area contributed by atoms with Crippen molar-refractivity contribution in [3.63, 3.8) is 0 Å². The van der Waals surface area contributed by atoms with Crippen LogP contribution in [0, 0.1) is 0 Å². The molecule has 112 valence electrons. The maximum Gasteiger partial charge on any atom is 0.573 e. The highest BCUT2D eigenvalue weighted by molar-refractivity contribution is 5.39. The summed E-state index contributed by atoms with van der Waals surface area (Å²) in [4.78, 5) is 0. The molecule has 1 aromatic carbocycles. The summed E-state index contributed by atoms with van der Waals surface area (Å²) >= 11 is 0. The van der Waals surface area contributed by atoms with Crippen molar-refractivity contribution in [3.8, 4) is 11.5 Å². The van der Waals surface area contributed by atoms with Crippen LogP contribution >= 0.6 is 0 Å². The van der Waals surface area contributed by atoms with Crippen molar-refractivity contribution < 1.29 is 22.6 Å². The van der Waals surface area contributed by atoms with Crippen LogP contribution in [0.2, 0.25) is 0 Å². The smallest absolute Gasteiger partial charge is 0.485 e. The standard InChI is InChI=1S/C14H18F3NO2/c1-10(2)18-8-11(3)9-19-12-6-4-5-7-13(12)20-14(15,16)17/h4-7,10,18H,3,8-9H2,1-2H3. The summed E-state index contributed by atoms with van der Waals surface area (Å²) in [5, 5.41) is 3.14. The molecule has 0 amide bonds. The third kappa shape index (κ3) is 6.47. The normalized spacial score (nSPS) is 11.5. The van der Waals surface area contributed by atoms with Crippen LogP contribution < -0.4 is 14.8 Å². The van der Waals surface area contributed by atoms with Gasteiger partial charge in [-0.1, -0.05) is 32.6 Å². The first kappa shape index (κ1) is 16.4. The molecule has 1 rings (SSSR count). The molecule has 20 heavy (non-hydrogen) atoms. The molecule has 0 saturated heterocycles. The molecule has 0 unspecified atom stereocenters. The molecule has 1 N–H and O–H groups in total. The van der Waals surface area contributed by atoms with Gasteiger partial charge < -0.3 is 14.8 Å². The Kier molecular flexibility index (Phi) is 5.88. The predicted octanol–water partition coefficient (Wildman–Crippen LogP) is 3.52. The third-order valence-corrected chi connectivity index (χ3v) is 2.27. The van der Waals surface area contributed by atoms with Gasteiger partial charge in [0.15, 0.2) is 11.5 Å². The summed E-state index contributed by atoms with van der Waals surface area (Å²) in [6, 6.07) is 5.95. The molecular weight excluding hydrogens is 271 g/mol. The molecule has 1 aromatic rings. The van der Waals surface area contributed by atoms with Gasteiger partial charge in [-0.15, -0.1) is 13.2 Å². The van der Waals surface area contributed by atoms with Gasteiger partial charge in [-0.05, 0) is 17.7 Å². The molecule has 0 saturated carbocycles. The Bertz CT molecular complexity index is 444. The first-order valence-corrected chi connectivity index (χ1v) is 6.15. The van der Waals surface area contributed by atoms with Gasteiger partial charge in [0, 0.05) is 12.6 Å². The zero-order valence-corrected chi connectivity index (χ0v) is 11.5. The van der Waals surface area contributed by atoms with E-state index in [0.29, 0.717) is 12.6 Å². The number of para-hydroxylation sites is 2. The second kappa shape index (κ2) is 7.19. The van der Waals surface area contributed by atoms with E-state index in [9.17, 15) is 13.2 Å². The van der Waals surface area contributed by atoms with Gasteiger partial charge in [0.1, 0.15) is 6.61 Å². The molecule has 0 aromatic heterocycles. The highest BCUT2D eigenvalue weighted by Crippen LogP contribution is 2.31. The van der Waals surface area contributed by atoms with E-state index in [4.69, 9.17) is 4.74 Å². The highest BCUT2D eigenvalue weighted by Gasteiger charge is 2.32. The van der Waals surface area contributed by atoms with E-state index in [0.717, 1.165) is 5.57 Å². The van der Waals surface area contributed by atoms with Crippen molar-refractivity contribution in [2.75, 3.05) is 13.2 Å². The molecule has 0 spiro atoms. The zero-order valence-electron chi connectivity index (χ0n) is 11.5. The fourth-order valence-corrected chi connectivity index (χ4v) is 1.36. The lowest BCUT2D eigenvalue weighted by Crippen LogP contribution is -2.26. The van der Waals surface area contributed by atoms with E-state index in [1.807, 2.05) is 13.8 Å². The number of nitrogens with one attached hydrogen (secondary N) is 1. The van der Waals surface area contributed by atoms with E-state index in [2.05, 4.69) is 16.6 Å². The number of rotatable bonds is 7. The van der Waals surface area contributed by atoms with Crippen LogP contribution in [0.4, 0.5) is 13.2 Å². The van der Waals surface area contributed by atoms with Crippen molar-refractivity contribution in [1.29, 1.82) is 0 Å². The maximum atomic E-state index is 12.2. The van der Waals surface area contributed by atoms with Crippen LogP contribution in [0.25, 0.3) is 0 Å². The Balaban J connectivity index is 2.57. The number of hydrogen-bond donors (Lipinski definition) is 1. The second-order valence-electron chi connectivity index (χ2n) is 4.57. The molecule has 0 radical (unpaired) electrons. The van der Waals surface area contributed by atoms with Crippen molar-refractivity contribution in [3.05, 3.63) is 36.4 Å². The Morgan fingerprint density at radius 3 is 2.40 bits per heavy atom. The van der Waals surface area contributed by atoms with Gasteiger partial charge in [0.25, 0.3) is 0 Å². The monoisotopic (exact) mass is 289 g/mol. The minimum absolute atomic E-state index is 0.0375. The average molecular weight is 289 g/mol. The minimum Gasteiger partial charge on any atom is -0.485 e. The molecule has 0 heterocycles. The lowest BCUT2D eigenvalue weighted by Gasteiger charge is -2.15. The van der Waals surface area contributed by atoms with Gasteiger partial charge in [0.2, 0.25) is 0 Å². The highest BCUT2D eigenvalue weighted by atomic mass is 19.4. The van der Waals surface area contributed by atoms with E-state index in [1.54, 1.807) is 6.07 Å². The molecule has 3 nitrogen and oxygen atoms in total. The van der Waals surface area contributed by atoms with Crippen LogP contribution in [0.15, 0.2) is 36.4 Å². The number of benzene rings is 1. The fourth-order valence-electron chi connectivity index (χ4n) is 1.36. The third-order valence-electron chi connectivity index (χ3n) is 2.27. The topological polar surface area (TPSA) is 30.5 Å². The summed E-state index contributed by atoms with van der Waals surface area (Å²) in [6.45, 7) is 8.43. The lowest BCUT2D eigenvalue weighted by molar-refractivity contribution is -0.275. The summed E-state index contributed by atoms with van der Waals surface area (Å²) in [5.41, 5.74) is 0.737. The fraction of sp³-hybridized carbons (Fsp3) is 0.429. The van der Waals surface area contributed by atoms with Crippen LogP contribution in [0.5, 0.6) is 11.5 Å². The Morgan fingerprint density at radius 1 is 1.25 bits per heavy atom. The van der Waals surface area contributed by atoms with Gasteiger partial charge in [0.05, 0.1) is 0 Å². The van der Waals surface area contributed by atoms with E-state index < -0.39 is 6.36 Å². The lowest BCUT2D eigenvalue weighted by atomic mass is 10.3. The van der Waals surface area contributed by atoms with E-state index in [1.165, 1.54) is 18.2 Å². The molecular formula is C14H18F3NO2. The molecule has 0 aliphatic carbocycles. The Hall–Kier alpha value is -1.69. The van der Waals surface area contributed by atoms with Gasteiger partial charge in [-0.3, -0.25) is 0 Å². The number of hydrogen-bond acceptors (Lipinski definition) is 3. The van der Waals surface area contributed by atoms with Crippen molar-refractivity contribution in [2.45, 2.75) is 26.3 Å². The molecule has 0 aliphatic heterocycles. The number of ether oxygens (including phenoxy) is 2. The largest absolute Gasteiger partial charge is 0.573 e.